The quantitative estimate of drug-likeness (QED) is 0.415. The topological polar surface area (TPSA) is 90.5 Å². The second-order valence-corrected chi connectivity index (χ2v) is 7.97. The molecule has 8 heteroatoms. The number of nitrogens with zero attached hydrogens (tertiary/aromatic N) is 6. The number of rotatable bonds is 9. The second-order valence-electron chi connectivity index (χ2n) is 7.97. The molecule has 3 heterocycles. The minimum atomic E-state index is -0.280. The molecule has 0 spiro atoms. The van der Waals surface area contributed by atoms with Gasteiger partial charge >= 0.3 is 0 Å². The SMILES string of the molecule is CCCCc1nc(-n2cc(C)nc2CC)ncc1NC(=O)c1nccn1Cc1ccccc1. The number of carbonyl (C=O) groups excluding carboxylic acids is 1. The highest BCUT2D eigenvalue weighted by atomic mass is 16.2. The van der Waals surface area contributed by atoms with Crippen LogP contribution in [-0.2, 0) is 19.4 Å². The van der Waals surface area contributed by atoms with Crippen LogP contribution >= 0.6 is 0 Å². The molecule has 0 aliphatic carbocycles. The summed E-state index contributed by atoms with van der Waals surface area (Å²) >= 11 is 0. The fourth-order valence-corrected chi connectivity index (χ4v) is 3.74. The standard InChI is InChI=1S/C25H29N7O/c1-4-6-12-20-21(15-27-25(30-20)32-16-18(3)28-22(32)5-2)29-24(33)23-26-13-14-31(23)17-19-10-8-7-9-11-19/h7-11,13-16H,4-6,12,17H2,1-3H3,(H,29,33). The van der Waals surface area contributed by atoms with Crippen LogP contribution in [0.1, 0.15) is 60.1 Å². The van der Waals surface area contributed by atoms with E-state index in [1.165, 1.54) is 0 Å². The molecule has 0 saturated heterocycles. The minimum Gasteiger partial charge on any atom is -0.322 e. The maximum Gasteiger partial charge on any atom is 0.291 e. The first-order valence-electron chi connectivity index (χ1n) is 11.4. The molecule has 33 heavy (non-hydrogen) atoms. The highest BCUT2D eigenvalue weighted by Crippen LogP contribution is 2.19. The van der Waals surface area contributed by atoms with E-state index in [-0.39, 0.29) is 5.91 Å². The van der Waals surface area contributed by atoms with Crippen LogP contribution in [-0.4, -0.2) is 35.0 Å². The molecule has 4 rings (SSSR count). The van der Waals surface area contributed by atoms with Gasteiger partial charge in [0.2, 0.25) is 5.95 Å². The largest absolute Gasteiger partial charge is 0.322 e. The van der Waals surface area contributed by atoms with Crippen LogP contribution < -0.4 is 5.32 Å². The van der Waals surface area contributed by atoms with Crippen molar-refractivity contribution < 1.29 is 4.79 Å². The van der Waals surface area contributed by atoms with Crippen molar-refractivity contribution in [3.05, 3.63) is 83.7 Å². The van der Waals surface area contributed by atoms with E-state index in [2.05, 4.69) is 34.1 Å². The van der Waals surface area contributed by atoms with Crippen molar-refractivity contribution in [2.45, 2.75) is 53.0 Å². The number of aryl methyl sites for hydroxylation is 3. The average molecular weight is 444 g/mol. The summed E-state index contributed by atoms with van der Waals surface area (Å²) in [5, 5.41) is 2.99. The van der Waals surface area contributed by atoms with Crippen LogP contribution in [0.15, 0.2) is 55.1 Å². The van der Waals surface area contributed by atoms with E-state index < -0.39 is 0 Å². The molecule has 170 valence electrons. The van der Waals surface area contributed by atoms with Crippen molar-refractivity contribution in [2.24, 2.45) is 0 Å². The van der Waals surface area contributed by atoms with Gasteiger partial charge in [0, 0.05) is 31.6 Å². The number of aromatic nitrogens is 6. The van der Waals surface area contributed by atoms with E-state index in [0.29, 0.717) is 24.0 Å². The van der Waals surface area contributed by atoms with Crippen LogP contribution in [0.4, 0.5) is 5.69 Å². The van der Waals surface area contributed by atoms with Crippen LogP contribution in [0.5, 0.6) is 0 Å². The number of amides is 1. The molecule has 8 nitrogen and oxygen atoms in total. The lowest BCUT2D eigenvalue weighted by molar-refractivity contribution is 0.101. The Labute approximate surface area is 193 Å². The summed E-state index contributed by atoms with van der Waals surface area (Å²) in [6.45, 7) is 6.72. The number of nitrogens with one attached hydrogen (secondary N) is 1. The zero-order chi connectivity index (χ0) is 23.2. The minimum absolute atomic E-state index is 0.280. The van der Waals surface area contributed by atoms with Crippen molar-refractivity contribution in [3.63, 3.8) is 0 Å². The van der Waals surface area contributed by atoms with Gasteiger partial charge in [-0.3, -0.25) is 9.36 Å². The molecule has 3 aromatic heterocycles. The van der Waals surface area contributed by atoms with E-state index in [1.54, 1.807) is 12.4 Å². The smallest absolute Gasteiger partial charge is 0.291 e. The molecule has 1 amide bonds. The molecular formula is C25H29N7O. The lowest BCUT2D eigenvalue weighted by atomic mass is 10.2. The van der Waals surface area contributed by atoms with E-state index in [1.807, 2.05) is 58.8 Å². The number of carbonyl (C=O) groups is 1. The highest BCUT2D eigenvalue weighted by molar-refractivity contribution is 6.02. The number of anilines is 1. The first-order chi connectivity index (χ1) is 16.1. The van der Waals surface area contributed by atoms with Gasteiger partial charge in [-0.15, -0.1) is 0 Å². The zero-order valence-electron chi connectivity index (χ0n) is 19.3. The Balaban J connectivity index is 1.60. The van der Waals surface area contributed by atoms with Crippen molar-refractivity contribution in [3.8, 4) is 5.95 Å². The molecule has 1 N–H and O–H groups in total. The maximum absolute atomic E-state index is 13.1. The van der Waals surface area contributed by atoms with Crippen molar-refractivity contribution in [2.75, 3.05) is 5.32 Å². The molecule has 0 aliphatic heterocycles. The summed E-state index contributed by atoms with van der Waals surface area (Å²) in [6, 6.07) is 9.99. The van der Waals surface area contributed by atoms with Crippen LogP contribution in [0.2, 0.25) is 0 Å². The van der Waals surface area contributed by atoms with E-state index in [4.69, 9.17) is 4.98 Å². The molecule has 0 aliphatic rings. The second kappa shape index (κ2) is 10.2. The Hall–Kier alpha value is -3.81. The fourth-order valence-electron chi connectivity index (χ4n) is 3.74. The third kappa shape index (κ3) is 5.16. The van der Waals surface area contributed by atoms with E-state index in [0.717, 1.165) is 48.5 Å². The number of hydrogen-bond donors (Lipinski definition) is 1. The summed E-state index contributed by atoms with van der Waals surface area (Å²) in [7, 11) is 0. The predicted molar refractivity (Wildman–Crippen MR) is 128 cm³/mol. The molecule has 0 bridgehead atoms. The number of imidazole rings is 2. The van der Waals surface area contributed by atoms with Gasteiger partial charge < -0.3 is 9.88 Å². The first-order valence-corrected chi connectivity index (χ1v) is 11.4. The lowest BCUT2D eigenvalue weighted by Crippen LogP contribution is -2.20. The Morgan fingerprint density at radius 2 is 1.91 bits per heavy atom. The normalized spacial score (nSPS) is 11.0. The first kappa shape index (κ1) is 22.4. The van der Waals surface area contributed by atoms with Crippen molar-refractivity contribution >= 4 is 11.6 Å². The average Bonchev–Trinajstić information content (AvgIpc) is 3.45. The van der Waals surface area contributed by atoms with E-state index in [9.17, 15) is 4.79 Å². The van der Waals surface area contributed by atoms with Crippen LogP contribution in [0.3, 0.4) is 0 Å². The Kier molecular flexibility index (Phi) is 6.92. The third-order valence-electron chi connectivity index (χ3n) is 5.42. The monoisotopic (exact) mass is 443 g/mol. The molecule has 0 fully saturated rings. The molecule has 0 atom stereocenters. The molecule has 4 aromatic rings. The highest BCUT2D eigenvalue weighted by Gasteiger charge is 2.18. The maximum atomic E-state index is 13.1. The van der Waals surface area contributed by atoms with Gasteiger partial charge in [-0.2, -0.15) is 0 Å². The van der Waals surface area contributed by atoms with Gasteiger partial charge in [-0.05, 0) is 25.3 Å². The number of benzene rings is 1. The molecule has 0 unspecified atom stereocenters. The van der Waals surface area contributed by atoms with Gasteiger partial charge in [0.05, 0.1) is 23.3 Å². The van der Waals surface area contributed by atoms with Gasteiger partial charge in [-0.1, -0.05) is 50.6 Å². The van der Waals surface area contributed by atoms with Crippen molar-refractivity contribution in [1.29, 1.82) is 0 Å². The van der Waals surface area contributed by atoms with Gasteiger partial charge in [0.1, 0.15) is 5.82 Å². The Morgan fingerprint density at radius 3 is 2.67 bits per heavy atom. The number of hydrogen-bond acceptors (Lipinski definition) is 5. The summed E-state index contributed by atoms with van der Waals surface area (Å²) in [5.41, 5.74) is 3.45. The van der Waals surface area contributed by atoms with Crippen molar-refractivity contribution in [1.82, 2.24) is 29.1 Å². The zero-order valence-corrected chi connectivity index (χ0v) is 19.3. The summed E-state index contributed by atoms with van der Waals surface area (Å²) in [6.07, 6.45) is 10.6. The summed E-state index contributed by atoms with van der Waals surface area (Å²) < 4.78 is 3.76. The van der Waals surface area contributed by atoms with Gasteiger partial charge in [0.25, 0.3) is 5.91 Å². The predicted octanol–water partition coefficient (Wildman–Crippen LogP) is 4.37. The molecular weight excluding hydrogens is 414 g/mol. The number of unbranched alkanes of at least 4 members (excludes halogenated alkanes) is 1. The molecule has 1 aromatic carbocycles. The van der Waals surface area contributed by atoms with Crippen LogP contribution in [0, 0.1) is 6.92 Å². The third-order valence-corrected chi connectivity index (χ3v) is 5.42. The Morgan fingerprint density at radius 1 is 1.09 bits per heavy atom. The summed E-state index contributed by atoms with van der Waals surface area (Å²) in [4.78, 5) is 31.3. The molecule has 0 saturated carbocycles. The fraction of sp³-hybridized carbons (Fsp3) is 0.320. The summed E-state index contributed by atoms with van der Waals surface area (Å²) in [5.74, 6) is 1.55. The Bertz CT molecular complexity index is 1230. The van der Waals surface area contributed by atoms with Gasteiger partial charge in [0.15, 0.2) is 5.82 Å². The van der Waals surface area contributed by atoms with Crippen LogP contribution in [0.25, 0.3) is 5.95 Å². The lowest BCUT2D eigenvalue weighted by Gasteiger charge is -2.13. The van der Waals surface area contributed by atoms with Gasteiger partial charge in [-0.25, -0.2) is 19.9 Å². The van der Waals surface area contributed by atoms with E-state index >= 15 is 0 Å². The molecule has 0 radical (unpaired) electrons.